The summed E-state index contributed by atoms with van der Waals surface area (Å²) in [7, 11) is 0. The van der Waals surface area contributed by atoms with Crippen molar-refractivity contribution >= 4 is 17.4 Å². The molecule has 0 radical (unpaired) electrons. The monoisotopic (exact) mass is 371 g/mol. The highest BCUT2D eigenvalue weighted by Crippen LogP contribution is 2.21. The van der Waals surface area contributed by atoms with Crippen LogP contribution in [0.15, 0.2) is 42.6 Å². The maximum absolute atomic E-state index is 13.4. The van der Waals surface area contributed by atoms with Crippen LogP contribution in [0.1, 0.15) is 18.3 Å². The molecule has 6 nitrogen and oxygen atoms in total. The second-order valence-corrected chi connectivity index (χ2v) is 5.97. The molecule has 0 fully saturated rings. The van der Waals surface area contributed by atoms with E-state index in [9.17, 15) is 13.6 Å². The molecule has 27 heavy (non-hydrogen) atoms. The molecular weight excluding hydrogens is 352 g/mol. The molecule has 140 valence electrons. The zero-order chi connectivity index (χ0) is 19.4. The highest BCUT2D eigenvalue weighted by molar-refractivity contribution is 5.78. The fourth-order valence-corrected chi connectivity index (χ4v) is 2.64. The molecule has 0 atom stereocenters. The lowest BCUT2D eigenvalue weighted by Crippen LogP contribution is -2.25. The average molecular weight is 371 g/mol. The number of benzene rings is 1. The molecule has 0 saturated carbocycles. The molecule has 8 heteroatoms. The molecule has 0 spiro atoms. The molecule has 1 aromatic carbocycles. The lowest BCUT2D eigenvalue weighted by molar-refractivity contribution is -0.120. The summed E-state index contributed by atoms with van der Waals surface area (Å²) in [4.78, 5) is 16.2. The Hall–Kier alpha value is -3.29. The Balaban J connectivity index is 1.95. The van der Waals surface area contributed by atoms with Gasteiger partial charge in [-0.25, -0.2) is 13.5 Å². The van der Waals surface area contributed by atoms with Crippen LogP contribution in [-0.2, 0) is 11.2 Å². The normalized spacial score (nSPS) is 10.7. The topological polar surface area (TPSA) is 71.8 Å². The highest BCUT2D eigenvalue weighted by atomic mass is 19.2. The van der Waals surface area contributed by atoms with E-state index in [0.29, 0.717) is 23.7 Å². The van der Waals surface area contributed by atoms with Crippen LogP contribution >= 0.6 is 0 Å². The lowest BCUT2D eigenvalue weighted by Gasteiger charge is -2.08. The third-order valence-corrected chi connectivity index (χ3v) is 3.82. The molecule has 0 aliphatic heterocycles. The lowest BCUT2D eigenvalue weighted by atomic mass is 10.2. The molecule has 3 rings (SSSR count). The number of anilines is 2. The summed E-state index contributed by atoms with van der Waals surface area (Å²) >= 11 is 0. The number of carbonyl (C=O) groups excluding carboxylic acids is 1. The minimum Gasteiger partial charge on any atom is -0.356 e. The number of hydrogen-bond acceptors (Lipinski definition) is 4. The van der Waals surface area contributed by atoms with Gasteiger partial charge in [0.1, 0.15) is 0 Å². The van der Waals surface area contributed by atoms with Crippen molar-refractivity contribution in [3.05, 3.63) is 65.6 Å². The van der Waals surface area contributed by atoms with Crippen molar-refractivity contribution in [2.24, 2.45) is 0 Å². The number of nitrogens with one attached hydrogen (secondary N) is 2. The summed E-state index contributed by atoms with van der Waals surface area (Å²) in [6.07, 6.45) is 1.78. The van der Waals surface area contributed by atoms with Crippen molar-refractivity contribution in [1.29, 1.82) is 0 Å². The molecule has 2 aromatic heterocycles. The van der Waals surface area contributed by atoms with E-state index in [2.05, 4.69) is 20.7 Å². The number of nitrogens with zero attached hydrogens (tertiary/aromatic N) is 3. The summed E-state index contributed by atoms with van der Waals surface area (Å²) in [5.41, 5.74) is 2.56. The smallest absolute Gasteiger partial charge is 0.226 e. The third-order valence-electron chi connectivity index (χ3n) is 3.82. The maximum Gasteiger partial charge on any atom is 0.226 e. The molecule has 0 saturated heterocycles. The van der Waals surface area contributed by atoms with Crippen LogP contribution in [-0.4, -0.2) is 27.2 Å². The van der Waals surface area contributed by atoms with Gasteiger partial charge in [0.25, 0.3) is 0 Å². The van der Waals surface area contributed by atoms with E-state index in [4.69, 9.17) is 0 Å². The van der Waals surface area contributed by atoms with Gasteiger partial charge in [0.2, 0.25) is 5.91 Å². The Morgan fingerprint density at radius 1 is 1.15 bits per heavy atom. The van der Waals surface area contributed by atoms with E-state index in [1.165, 1.54) is 6.07 Å². The number of amides is 1. The first-order valence-corrected chi connectivity index (χ1v) is 8.47. The summed E-state index contributed by atoms with van der Waals surface area (Å²) in [6.45, 7) is 4.23. The molecule has 0 aliphatic rings. The van der Waals surface area contributed by atoms with Crippen LogP contribution in [0.25, 0.3) is 5.69 Å². The van der Waals surface area contributed by atoms with Gasteiger partial charge in [0.15, 0.2) is 17.5 Å². The van der Waals surface area contributed by atoms with Crippen LogP contribution in [0, 0.1) is 18.6 Å². The minimum atomic E-state index is -0.952. The van der Waals surface area contributed by atoms with Gasteiger partial charge in [-0.3, -0.25) is 9.78 Å². The zero-order valence-corrected chi connectivity index (χ0v) is 15.0. The van der Waals surface area contributed by atoms with Crippen molar-refractivity contribution < 1.29 is 13.6 Å². The third kappa shape index (κ3) is 4.46. The van der Waals surface area contributed by atoms with E-state index in [1.54, 1.807) is 23.0 Å². The number of hydrogen-bond donors (Lipinski definition) is 2. The van der Waals surface area contributed by atoms with Gasteiger partial charge in [-0.05, 0) is 38.1 Å². The van der Waals surface area contributed by atoms with Gasteiger partial charge in [-0.15, -0.1) is 5.10 Å². The minimum absolute atomic E-state index is 0.127. The average Bonchev–Trinajstić information content (AvgIpc) is 3.00. The summed E-state index contributed by atoms with van der Waals surface area (Å²) < 4.78 is 28.2. The zero-order valence-electron chi connectivity index (χ0n) is 15.0. The molecule has 2 N–H and O–H groups in total. The standard InChI is InChI=1S/C19H19F2N5O/c1-3-22-19(27)11-15-10-18(24-13-4-5-16(20)17(21)9-13)25-26(15)14-6-7-23-12(2)8-14/h4-10H,3,11H2,1-2H3,(H,22,27)(H,24,25). The summed E-state index contributed by atoms with van der Waals surface area (Å²) in [5.74, 6) is -1.60. The molecule has 3 aromatic rings. The first kappa shape index (κ1) is 18.5. The molecule has 0 unspecified atom stereocenters. The molecule has 0 bridgehead atoms. The van der Waals surface area contributed by atoms with Gasteiger partial charge in [-0.1, -0.05) is 0 Å². The number of carbonyl (C=O) groups is 1. The number of rotatable bonds is 6. The van der Waals surface area contributed by atoms with Crippen molar-refractivity contribution in [2.75, 3.05) is 11.9 Å². The van der Waals surface area contributed by atoms with Gasteiger partial charge < -0.3 is 10.6 Å². The van der Waals surface area contributed by atoms with Crippen LogP contribution in [0.3, 0.4) is 0 Å². The van der Waals surface area contributed by atoms with Crippen molar-refractivity contribution in [3.8, 4) is 5.69 Å². The van der Waals surface area contributed by atoms with E-state index in [-0.39, 0.29) is 12.3 Å². The van der Waals surface area contributed by atoms with E-state index < -0.39 is 11.6 Å². The molecule has 1 amide bonds. The number of aromatic nitrogens is 3. The van der Waals surface area contributed by atoms with Crippen molar-refractivity contribution in [2.45, 2.75) is 20.3 Å². The number of aryl methyl sites for hydroxylation is 1. The summed E-state index contributed by atoms with van der Waals surface area (Å²) in [5, 5.41) is 10.2. The first-order valence-electron chi connectivity index (χ1n) is 8.47. The van der Waals surface area contributed by atoms with Crippen LogP contribution in [0.5, 0.6) is 0 Å². The van der Waals surface area contributed by atoms with Gasteiger partial charge in [-0.2, -0.15) is 0 Å². The first-order chi connectivity index (χ1) is 13.0. The second kappa shape index (κ2) is 7.94. The molecular formula is C19H19F2N5O. The van der Waals surface area contributed by atoms with E-state index in [1.807, 2.05) is 19.9 Å². The SMILES string of the molecule is CCNC(=O)Cc1cc(Nc2ccc(F)c(F)c2)nn1-c1ccnc(C)c1. The predicted molar refractivity (Wildman–Crippen MR) is 98.1 cm³/mol. The number of likely N-dealkylation sites (N-methyl/N-ethyl adjacent to an activating group) is 1. The van der Waals surface area contributed by atoms with Crippen LogP contribution in [0.2, 0.25) is 0 Å². The van der Waals surface area contributed by atoms with Crippen molar-refractivity contribution in [3.63, 3.8) is 0 Å². The fraction of sp³-hybridized carbons (Fsp3) is 0.211. The Kier molecular flexibility index (Phi) is 5.44. The number of pyridine rings is 1. The summed E-state index contributed by atoms with van der Waals surface area (Å²) in [6, 6.07) is 8.83. The Labute approximate surface area is 155 Å². The van der Waals surface area contributed by atoms with Gasteiger partial charge in [0, 0.05) is 36.3 Å². The van der Waals surface area contributed by atoms with E-state index in [0.717, 1.165) is 23.5 Å². The van der Waals surface area contributed by atoms with Gasteiger partial charge in [0.05, 0.1) is 17.8 Å². The Morgan fingerprint density at radius 3 is 2.67 bits per heavy atom. The highest BCUT2D eigenvalue weighted by Gasteiger charge is 2.14. The van der Waals surface area contributed by atoms with Gasteiger partial charge >= 0.3 is 0 Å². The Bertz CT molecular complexity index is 970. The quantitative estimate of drug-likeness (QED) is 0.698. The van der Waals surface area contributed by atoms with Crippen LogP contribution in [0.4, 0.5) is 20.3 Å². The number of halogens is 2. The largest absolute Gasteiger partial charge is 0.356 e. The maximum atomic E-state index is 13.4. The van der Waals surface area contributed by atoms with Crippen molar-refractivity contribution in [1.82, 2.24) is 20.1 Å². The van der Waals surface area contributed by atoms with Crippen LogP contribution < -0.4 is 10.6 Å². The fourth-order valence-electron chi connectivity index (χ4n) is 2.64. The molecule has 0 aliphatic carbocycles. The second-order valence-electron chi connectivity index (χ2n) is 5.97. The predicted octanol–water partition coefficient (Wildman–Crippen LogP) is 3.28. The van der Waals surface area contributed by atoms with E-state index >= 15 is 0 Å². The Morgan fingerprint density at radius 2 is 1.96 bits per heavy atom. The molecule has 2 heterocycles.